The average Bonchev–Trinajstić information content (AvgIpc) is 2.76. The van der Waals surface area contributed by atoms with E-state index in [4.69, 9.17) is 0 Å². The number of benzene rings is 2. The molecule has 166 valence electrons. The molecule has 0 aliphatic heterocycles. The first kappa shape index (κ1) is 26.2. The summed E-state index contributed by atoms with van der Waals surface area (Å²) in [4.78, 5) is 6.83. The number of rotatable bonds is 10. The fourth-order valence-corrected chi connectivity index (χ4v) is 3.73. The van der Waals surface area contributed by atoms with Crippen molar-refractivity contribution in [2.45, 2.75) is 24.8 Å². The second kappa shape index (κ2) is 13.5. The molecule has 0 aliphatic carbocycles. The summed E-state index contributed by atoms with van der Waals surface area (Å²) in [5, 5.41) is 6.53. The molecule has 0 amide bonds. The monoisotopic (exact) mass is 545 g/mol. The molecule has 9 heteroatoms. The molecule has 0 spiro atoms. The Labute approximate surface area is 197 Å². The molecule has 2 aromatic rings. The number of nitrogens with zero attached hydrogens (tertiary/aromatic N) is 2. The molecule has 0 fully saturated rings. The number of aliphatic imine (C=N–C) groups is 1. The summed E-state index contributed by atoms with van der Waals surface area (Å²) in [5.41, 5.74) is 2.10. The van der Waals surface area contributed by atoms with Crippen molar-refractivity contribution in [2.75, 3.05) is 38.6 Å². The molecule has 3 N–H and O–H groups in total. The van der Waals surface area contributed by atoms with Crippen molar-refractivity contribution in [3.05, 3.63) is 60.2 Å². The molecule has 0 aromatic heterocycles. The molecule has 30 heavy (non-hydrogen) atoms. The minimum Gasteiger partial charge on any atom is -0.372 e. The maximum atomic E-state index is 11.9. The molecule has 0 aliphatic rings. The van der Waals surface area contributed by atoms with Crippen LogP contribution in [0.15, 0.2) is 64.5 Å². The van der Waals surface area contributed by atoms with Crippen LogP contribution in [0, 0.1) is 0 Å². The van der Waals surface area contributed by atoms with Crippen molar-refractivity contribution in [3.63, 3.8) is 0 Å². The lowest BCUT2D eigenvalue weighted by molar-refractivity contribution is 0.588. The maximum absolute atomic E-state index is 11.9. The van der Waals surface area contributed by atoms with Crippen LogP contribution in [-0.4, -0.2) is 48.1 Å². The summed E-state index contributed by atoms with van der Waals surface area (Å²) in [5.74, 6) is 0.689. The number of hydrogen-bond acceptors (Lipinski definition) is 4. The first-order chi connectivity index (χ1) is 14.0. The Morgan fingerprint density at radius 3 is 2.43 bits per heavy atom. The van der Waals surface area contributed by atoms with Crippen molar-refractivity contribution < 1.29 is 8.42 Å². The van der Waals surface area contributed by atoms with Gasteiger partial charge in [0.2, 0.25) is 10.0 Å². The van der Waals surface area contributed by atoms with E-state index in [1.807, 2.05) is 12.1 Å². The van der Waals surface area contributed by atoms with E-state index in [9.17, 15) is 8.42 Å². The fourth-order valence-electron chi connectivity index (χ4n) is 2.93. The number of guanidine groups is 1. The predicted octanol–water partition coefficient (Wildman–Crippen LogP) is 2.79. The third-order valence-electron chi connectivity index (χ3n) is 4.56. The lowest BCUT2D eigenvalue weighted by atomic mass is 10.2. The van der Waals surface area contributed by atoms with Crippen LogP contribution in [0.2, 0.25) is 0 Å². The SMILES string of the molecule is CCN(CCCNC(=NC)NCc1cccc(S(=O)(=O)NC)c1)c1ccccc1.I. The summed E-state index contributed by atoms with van der Waals surface area (Å²) >= 11 is 0. The Morgan fingerprint density at radius 1 is 1.07 bits per heavy atom. The Morgan fingerprint density at radius 2 is 1.80 bits per heavy atom. The summed E-state index contributed by atoms with van der Waals surface area (Å²) in [6, 6.07) is 17.2. The van der Waals surface area contributed by atoms with E-state index >= 15 is 0 Å². The van der Waals surface area contributed by atoms with Crippen molar-refractivity contribution in [1.29, 1.82) is 0 Å². The van der Waals surface area contributed by atoms with Gasteiger partial charge >= 0.3 is 0 Å². The van der Waals surface area contributed by atoms with E-state index < -0.39 is 10.0 Å². The summed E-state index contributed by atoms with van der Waals surface area (Å²) in [6.07, 6.45) is 0.972. The molecule has 0 saturated carbocycles. The number of sulfonamides is 1. The van der Waals surface area contributed by atoms with Crippen LogP contribution < -0.4 is 20.3 Å². The number of halogens is 1. The molecular formula is C21H32IN5O2S. The first-order valence-electron chi connectivity index (χ1n) is 9.77. The largest absolute Gasteiger partial charge is 0.372 e. The smallest absolute Gasteiger partial charge is 0.240 e. The van der Waals surface area contributed by atoms with Gasteiger partial charge in [-0.2, -0.15) is 0 Å². The van der Waals surface area contributed by atoms with E-state index in [1.165, 1.54) is 12.7 Å². The minimum atomic E-state index is -3.44. The van der Waals surface area contributed by atoms with Crippen LogP contribution in [-0.2, 0) is 16.6 Å². The fraction of sp³-hybridized carbons (Fsp3) is 0.381. The topological polar surface area (TPSA) is 85.8 Å². The van der Waals surface area contributed by atoms with Gasteiger partial charge in [0.25, 0.3) is 0 Å². The van der Waals surface area contributed by atoms with Gasteiger partial charge in [-0.05, 0) is 50.2 Å². The lowest BCUT2D eigenvalue weighted by Gasteiger charge is -2.23. The zero-order chi connectivity index (χ0) is 21.1. The van der Waals surface area contributed by atoms with Crippen LogP contribution in [0.3, 0.4) is 0 Å². The molecule has 0 unspecified atom stereocenters. The predicted molar refractivity (Wildman–Crippen MR) is 135 cm³/mol. The van der Waals surface area contributed by atoms with Gasteiger partial charge in [-0.15, -0.1) is 24.0 Å². The molecule has 7 nitrogen and oxygen atoms in total. The van der Waals surface area contributed by atoms with E-state index in [0.29, 0.717) is 12.5 Å². The highest BCUT2D eigenvalue weighted by Gasteiger charge is 2.11. The normalized spacial score (nSPS) is 11.5. The standard InChI is InChI=1S/C21H31N5O2S.HI/c1-4-26(19-11-6-5-7-12-19)15-9-14-24-21(22-2)25-17-18-10-8-13-20(16-18)29(27,28)23-3;/h5-8,10-13,16,23H,4,9,14-15,17H2,1-3H3,(H2,22,24,25);1H. The van der Waals surface area contributed by atoms with Gasteiger partial charge in [0.1, 0.15) is 0 Å². The quantitative estimate of drug-likeness (QED) is 0.185. The Hall–Kier alpha value is -1.85. The third-order valence-corrected chi connectivity index (χ3v) is 5.97. The third kappa shape index (κ3) is 8.11. The molecule has 0 bridgehead atoms. The second-order valence-electron chi connectivity index (χ2n) is 6.48. The van der Waals surface area contributed by atoms with Gasteiger partial charge in [0, 0.05) is 38.9 Å². The number of hydrogen-bond donors (Lipinski definition) is 3. The van der Waals surface area contributed by atoms with E-state index in [0.717, 1.165) is 31.6 Å². The van der Waals surface area contributed by atoms with Crippen LogP contribution >= 0.6 is 24.0 Å². The molecule has 2 aromatic carbocycles. The van der Waals surface area contributed by atoms with Gasteiger partial charge in [-0.3, -0.25) is 4.99 Å². The maximum Gasteiger partial charge on any atom is 0.240 e. The lowest BCUT2D eigenvalue weighted by Crippen LogP contribution is -2.38. The van der Waals surface area contributed by atoms with Gasteiger partial charge in [-0.1, -0.05) is 30.3 Å². The van der Waals surface area contributed by atoms with Crippen molar-refractivity contribution in [2.24, 2.45) is 4.99 Å². The van der Waals surface area contributed by atoms with Crippen molar-refractivity contribution >= 4 is 45.6 Å². The highest BCUT2D eigenvalue weighted by molar-refractivity contribution is 14.0. The summed E-state index contributed by atoms with van der Waals surface area (Å²) in [6.45, 7) is 5.34. The zero-order valence-corrected chi connectivity index (χ0v) is 20.9. The average molecular weight is 545 g/mol. The molecule has 0 radical (unpaired) electrons. The Kier molecular flexibility index (Phi) is 11.7. The molecular weight excluding hydrogens is 513 g/mol. The minimum absolute atomic E-state index is 0. The summed E-state index contributed by atoms with van der Waals surface area (Å²) in [7, 11) is -0.316. The second-order valence-corrected chi connectivity index (χ2v) is 8.36. The van der Waals surface area contributed by atoms with Crippen LogP contribution in [0.1, 0.15) is 18.9 Å². The van der Waals surface area contributed by atoms with Gasteiger partial charge < -0.3 is 15.5 Å². The van der Waals surface area contributed by atoms with Crippen LogP contribution in [0.4, 0.5) is 5.69 Å². The van der Waals surface area contributed by atoms with E-state index in [1.54, 1.807) is 25.2 Å². The molecule has 0 saturated heterocycles. The van der Waals surface area contributed by atoms with Crippen molar-refractivity contribution in [3.8, 4) is 0 Å². The Balaban J connectivity index is 0.00000450. The van der Waals surface area contributed by atoms with Gasteiger partial charge in [0.15, 0.2) is 5.96 Å². The number of nitrogens with one attached hydrogen (secondary N) is 3. The van der Waals surface area contributed by atoms with E-state index in [-0.39, 0.29) is 28.9 Å². The zero-order valence-electron chi connectivity index (χ0n) is 17.8. The van der Waals surface area contributed by atoms with Gasteiger partial charge in [-0.25, -0.2) is 13.1 Å². The number of para-hydroxylation sites is 1. The highest BCUT2D eigenvalue weighted by Crippen LogP contribution is 2.13. The van der Waals surface area contributed by atoms with Crippen LogP contribution in [0.5, 0.6) is 0 Å². The van der Waals surface area contributed by atoms with Crippen molar-refractivity contribution in [1.82, 2.24) is 15.4 Å². The van der Waals surface area contributed by atoms with Crippen LogP contribution in [0.25, 0.3) is 0 Å². The first-order valence-corrected chi connectivity index (χ1v) is 11.3. The van der Waals surface area contributed by atoms with Gasteiger partial charge in [0.05, 0.1) is 4.90 Å². The van der Waals surface area contributed by atoms with E-state index in [2.05, 4.69) is 56.4 Å². The molecule has 0 atom stereocenters. The summed E-state index contributed by atoms with van der Waals surface area (Å²) < 4.78 is 26.2. The molecule has 2 rings (SSSR count). The number of anilines is 1. The Bertz CT molecular complexity index is 891. The molecule has 0 heterocycles. The highest BCUT2D eigenvalue weighted by atomic mass is 127.